The Morgan fingerprint density at radius 1 is 1.00 bits per heavy atom. The van der Waals surface area contributed by atoms with Crippen molar-refractivity contribution >= 4 is 16.7 Å². The summed E-state index contributed by atoms with van der Waals surface area (Å²) in [5.41, 5.74) is 1.92. The number of hydrogen-bond acceptors (Lipinski definition) is 1. The maximum absolute atomic E-state index is 11.1. The highest BCUT2D eigenvalue weighted by atomic mass is 16.4. The first-order valence-corrected chi connectivity index (χ1v) is 5.65. The van der Waals surface area contributed by atoms with E-state index < -0.39 is 5.97 Å². The van der Waals surface area contributed by atoms with Gasteiger partial charge >= 0.3 is 5.97 Å². The van der Waals surface area contributed by atoms with Crippen LogP contribution >= 0.6 is 0 Å². The van der Waals surface area contributed by atoms with Crippen LogP contribution in [0.25, 0.3) is 21.9 Å². The lowest BCUT2D eigenvalue weighted by Gasteiger charge is -2.03. The minimum Gasteiger partial charge on any atom is -0.478 e. The van der Waals surface area contributed by atoms with Gasteiger partial charge in [-0.05, 0) is 22.4 Å². The first kappa shape index (κ1) is 10.6. The second kappa shape index (κ2) is 4.04. The fraction of sp³-hybridized carbons (Fsp3) is 0. The van der Waals surface area contributed by atoms with Crippen LogP contribution in [-0.2, 0) is 0 Å². The smallest absolute Gasteiger partial charge is 0.337 e. The van der Waals surface area contributed by atoms with Crippen molar-refractivity contribution in [3.63, 3.8) is 0 Å². The molecule has 0 radical (unpaired) electrons. The Hall–Kier alpha value is -2.55. The summed E-state index contributed by atoms with van der Waals surface area (Å²) >= 11 is 0. The minimum atomic E-state index is -0.917. The summed E-state index contributed by atoms with van der Waals surface area (Å²) in [6.07, 6.45) is 3.22. The molecule has 0 aliphatic rings. The van der Waals surface area contributed by atoms with Gasteiger partial charge in [0, 0.05) is 18.0 Å². The summed E-state index contributed by atoms with van der Waals surface area (Å²) in [6.45, 7) is 0. The number of aromatic nitrogens is 1. The largest absolute Gasteiger partial charge is 0.478 e. The van der Waals surface area contributed by atoms with Gasteiger partial charge in [-0.2, -0.15) is 0 Å². The van der Waals surface area contributed by atoms with E-state index >= 15 is 0 Å². The third-order valence-electron chi connectivity index (χ3n) is 3.04. The Bertz CT molecular complexity index is 728. The van der Waals surface area contributed by atoms with E-state index in [4.69, 9.17) is 5.11 Å². The first-order chi connectivity index (χ1) is 8.75. The van der Waals surface area contributed by atoms with Gasteiger partial charge in [0.25, 0.3) is 0 Å². The van der Waals surface area contributed by atoms with Crippen molar-refractivity contribution in [3.8, 4) is 11.1 Å². The van der Waals surface area contributed by atoms with Gasteiger partial charge in [-0.3, -0.25) is 0 Å². The number of benzene rings is 2. The van der Waals surface area contributed by atoms with Gasteiger partial charge in [0.2, 0.25) is 0 Å². The molecule has 3 aromatic rings. The number of carboxylic acids is 1. The van der Waals surface area contributed by atoms with Gasteiger partial charge in [0.1, 0.15) is 0 Å². The van der Waals surface area contributed by atoms with Gasteiger partial charge in [-0.15, -0.1) is 0 Å². The van der Waals surface area contributed by atoms with E-state index in [0.717, 1.165) is 16.3 Å². The monoisotopic (exact) mass is 237 g/mol. The number of aromatic amines is 1. The second-order valence-corrected chi connectivity index (χ2v) is 4.15. The lowest BCUT2D eigenvalue weighted by molar-refractivity contribution is 0.0698. The molecule has 0 unspecified atom stereocenters. The molecule has 88 valence electrons. The highest BCUT2D eigenvalue weighted by Crippen LogP contribution is 2.27. The predicted molar refractivity (Wildman–Crippen MR) is 70.7 cm³/mol. The highest BCUT2D eigenvalue weighted by molar-refractivity contribution is 5.97. The van der Waals surface area contributed by atoms with Crippen molar-refractivity contribution in [1.82, 2.24) is 4.98 Å². The van der Waals surface area contributed by atoms with Gasteiger partial charge in [0.15, 0.2) is 0 Å². The zero-order valence-electron chi connectivity index (χ0n) is 9.55. The van der Waals surface area contributed by atoms with E-state index in [2.05, 4.69) is 4.98 Å². The van der Waals surface area contributed by atoms with Crippen LogP contribution in [0.2, 0.25) is 0 Å². The Balaban J connectivity index is 2.19. The molecule has 0 saturated carbocycles. The molecule has 0 aliphatic heterocycles. The molecule has 0 fully saturated rings. The average Bonchev–Trinajstić information content (AvgIpc) is 2.87. The van der Waals surface area contributed by atoms with E-state index in [1.165, 1.54) is 6.20 Å². The fourth-order valence-electron chi connectivity index (χ4n) is 2.14. The van der Waals surface area contributed by atoms with Crippen molar-refractivity contribution in [3.05, 3.63) is 60.4 Å². The molecule has 3 nitrogen and oxygen atoms in total. The van der Waals surface area contributed by atoms with Crippen LogP contribution in [0.5, 0.6) is 0 Å². The number of nitrogens with one attached hydrogen (secondary N) is 1. The molecule has 0 bridgehead atoms. The molecule has 2 N–H and O–H groups in total. The maximum Gasteiger partial charge on any atom is 0.337 e. The number of fused-ring (bicyclic) bond motifs is 1. The van der Waals surface area contributed by atoms with Crippen molar-refractivity contribution in [2.45, 2.75) is 0 Å². The number of hydrogen-bond donors (Lipinski definition) is 2. The van der Waals surface area contributed by atoms with E-state index in [1.54, 1.807) is 6.20 Å². The zero-order valence-corrected chi connectivity index (χ0v) is 9.55. The second-order valence-electron chi connectivity index (χ2n) is 4.15. The van der Waals surface area contributed by atoms with Crippen molar-refractivity contribution in [2.75, 3.05) is 0 Å². The summed E-state index contributed by atoms with van der Waals surface area (Å²) in [7, 11) is 0. The molecule has 1 aromatic heterocycles. The van der Waals surface area contributed by atoms with Crippen LogP contribution in [0.1, 0.15) is 10.4 Å². The number of H-pyrrole nitrogens is 1. The molecule has 0 amide bonds. The molecular formula is C15H11NO2. The fourth-order valence-corrected chi connectivity index (χ4v) is 2.14. The van der Waals surface area contributed by atoms with Crippen LogP contribution in [-0.4, -0.2) is 16.1 Å². The SMILES string of the molecule is O=C(O)c1c[nH]cc1-c1ccc2ccccc2c1. The summed E-state index contributed by atoms with van der Waals surface area (Å²) in [6, 6.07) is 14.0. The van der Waals surface area contributed by atoms with Crippen LogP contribution in [0.15, 0.2) is 54.9 Å². The normalized spacial score (nSPS) is 10.7. The lowest BCUT2D eigenvalue weighted by Crippen LogP contribution is -1.95. The Kier molecular flexibility index (Phi) is 2.38. The van der Waals surface area contributed by atoms with Gasteiger partial charge in [-0.25, -0.2) is 4.79 Å². The molecule has 18 heavy (non-hydrogen) atoms. The average molecular weight is 237 g/mol. The number of aromatic carboxylic acids is 1. The number of carbonyl (C=O) groups is 1. The molecule has 0 saturated heterocycles. The summed E-state index contributed by atoms with van der Waals surface area (Å²) in [4.78, 5) is 13.9. The summed E-state index contributed by atoms with van der Waals surface area (Å²) in [5.74, 6) is -0.917. The Morgan fingerprint density at radius 3 is 2.56 bits per heavy atom. The molecular weight excluding hydrogens is 226 g/mol. The topological polar surface area (TPSA) is 53.1 Å². The summed E-state index contributed by atoms with van der Waals surface area (Å²) < 4.78 is 0. The molecule has 3 rings (SSSR count). The molecule has 0 atom stereocenters. The van der Waals surface area contributed by atoms with Crippen molar-refractivity contribution < 1.29 is 9.90 Å². The van der Waals surface area contributed by atoms with Gasteiger partial charge < -0.3 is 10.1 Å². The first-order valence-electron chi connectivity index (χ1n) is 5.65. The standard InChI is InChI=1S/C15H11NO2/c17-15(18)14-9-16-8-13(14)12-6-5-10-3-1-2-4-11(10)7-12/h1-9,16H,(H,17,18). The maximum atomic E-state index is 11.1. The number of rotatable bonds is 2. The lowest BCUT2D eigenvalue weighted by atomic mass is 10.0. The quantitative estimate of drug-likeness (QED) is 0.716. The summed E-state index contributed by atoms with van der Waals surface area (Å²) in [5, 5.41) is 11.4. The van der Waals surface area contributed by atoms with Crippen LogP contribution in [0, 0.1) is 0 Å². The van der Waals surface area contributed by atoms with Crippen LogP contribution in [0.4, 0.5) is 0 Å². The third kappa shape index (κ3) is 1.66. The van der Waals surface area contributed by atoms with Gasteiger partial charge in [0.05, 0.1) is 5.56 Å². The van der Waals surface area contributed by atoms with Crippen LogP contribution in [0.3, 0.4) is 0 Å². The van der Waals surface area contributed by atoms with E-state index in [-0.39, 0.29) is 0 Å². The number of carboxylic acid groups (broad SMARTS) is 1. The van der Waals surface area contributed by atoms with E-state index in [9.17, 15) is 4.79 Å². The van der Waals surface area contributed by atoms with Gasteiger partial charge in [-0.1, -0.05) is 36.4 Å². The van der Waals surface area contributed by atoms with Crippen molar-refractivity contribution in [1.29, 1.82) is 0 Å². The molecule has 0 aliphatic carbocycles. The third-order valence-corrected chi connectivity index (χ3v) is 3.04. The Labute approximate surface area is 104 Å². The van der Waals surface area contributed by atoms with E-state index in [1.807, 2.05) is 42.5 Å². The molecule has 2 aromatic carbocycles. The molecule has 0 spiro atoms. The van der Waals surface area contributed by atoms with Crippen molar-refractivity contribution in [2.24, 2.45) is 0 Å². The van der Waals surface area contributed by atoms with Crippen LogP contribution < -0.4 is 0 Å². The van der Waals surface area contributed by atoms with E-state index in [0.29, 0.717) is 11.1 Å². The molecule has 1 heterocycles. The minimum absolute atomic E-state index is 0.297. The highest BCUT2D eigenvalue weighted by Gasteiger charge is 2.12. The molecule has 3 heteroatoms. The Morgan fingerprint density at radius 2 is 1.78 bits per heavy atom. The zero-order chi connectivity index (χ0) is 12.5. The predicted octanol–water partition coefficient (Wildman–Crippen LogP) is 3.53.